The summed E-state index contributed by atoms with van der Waals surface area (Å²) in [6.45, 7) is 0. The van der Waals surface area contributed by atoms with Gasteiger partial charge in [-0.2, -0.15) is 18.4 Å². The summed E-state index contributed by atoms with van der Waals surface area (Å²) in [5.41, 5.74) is -0.980. The molecule has 1 aromatic heterocycles. The number of nitriles is 1. The van der Waals surface area contributed by atoms with E-state index in [2.05, 4.69) is 4.98 Å². The number of aromatic nitrogens is 1. The van der Waals surface area contributed by atoms with Gasteiger partial charge in [0.25, 0.3) is 0 Å². The lowest BCUT2D eigenvalue weighted by atomic mass is 10.0. The fourth-order valence-electron chi connectivity index (χ4n) is 1.65. The summed E-state index contributed by atoms with van der Waals surface area (Å²) < 4.78 is 37.8. The highest BCUT2D eigenvalue weighted by molar-refractivity contribution is 6.48. The lowest BCUT2D eigenvalue weighted by Gasteiger charge is -2.10. The third kappa shape index (κ3) is 3.24. The number of rotatable bonds is 1. The van der Waals surface area contributed by atoms with E-state index in [1.807, 2.05) is 0 Å². The third-order valence-electron chi connectivity index (χ3n) is 2.59. The second-order valence-electron chi connectivity index (χ2n) is 3.96. The Morgan fingerprint density at radius 2 is 1.62 bits per heavy atom. The Morgan fingerprint density at radius 1 is 1.05 bits per heavy atom. The van der Waals surface area contributed by atoms with Crippen molar-refractivity contribution < 1.29 is 13.2 Å². The highest BCUT2D eigenvalue weighted by Gasteiger charge is 2.33. The van der Waals surface area contributed by atoms with Gasteiger partial charge in [0.15, 0.2) is 0 Å². The number of nitrogens with zero attached hydrogens (tertiary/aromatic N) is 2. The van der Waals surface area contributed by atoms with Gasteiger partial charge in [0.05, 0.1) is 15.1 Å². The molecule has 0 spiro atoms. The van der Waals surface area contributed by atoms with E-state index in [1.165, 1.54) is 12.1 Å². The molecular weight excluding hydrogens is 348 g/mol. The minimum atomic E-state index is -4.63. The van der Waals surface area contributed by atoms with Crippen molar-refractivity contribution in [3.63, 3.8) is 0 Å². The molecule has 0 atom stereocenters. The molecule has 1 aromatic carbocycles. The van der Waals surface area contributed by atoms with E-state index >= 15 is 0 Å². The Labute approximate surface area is 132 Å². The van der Waals surface area contributed by atoms with Crippen LogP contribution in [0.15, 0.2) is 24.3 Å². The summed E-state index contributed by atoms with van der Waals surface area (Å²) in [6.07, 6.45) is -4.63. The van der Waals surface area contributed by atoms with E-state index in [0.29, 0.717) is 5.56 Å². The number of alkyl halides is 3. The van der Waals surface area contributed by atoms with Crippen molar-refractivity contribution in [2.45, 2.75) is 6.18 Å². The van der Waals surface area contributed by atoms with Crippen LogP contribution in [0.2, 0.25) is 15.1 Å². The molecule has 108 valence electrons. The normalized spacial score (nSPS) is 11.3. The molecule has 0 unspecified atom stereocenters. The van der Waals surface area contributed by atoms with Crippen LogP contribution in [0, 0.1) is 11.3 Å². The van der Waals surface area contributed by atoms with Crippen LogP contribution in [0.1, 0.15) is 11.4 Å². The molecule has 0 fully saturated rings. The van der Waals surface area contributed by atoms with Gasteiger partial charge in [-0.3, -0.25) is 0 Å². The van der Waals surface area contributed by atoms with E-state index < -0.39 is 11.9 Å². The average Bonchev–Trinajstić information content (AvgIpc) is 2.42. The van der Waals surface area contributed by atoms with Crippen molar-refractivity contribution >= 4 is 34.8 Å². The number of hydrogen-bond donors (Lipinski definition) is 0. The zero-order valence-corrected chi connectivity index (χ0v) is 12.2. The zero-order valence-electron chi connectivity index (χ0n) is 9.97. The van der Waals surface area contributed by atoms with Crippen LogP contribution in [0.5, 0.6) is 0 Å². The van der Waals surface area contributed by atoms with Crippen LogP contribution in [0.4, 0.5) is 13.2 Å². The molecule has 0 saturated heterocycles. The van der Waals surface area contributed by atoms with Gasteiger partial charge < -0.3 is 0 Å². The summed E-state index contributed by atoms with van der Waals surface area (Å²) >= 11 is 17.5. The number of pyridine rings is 1. The third-order valence-corrected chi connectivity index (χ3v) is 3.78. The van der Waals surface area contributed by atoms with Crippen LogP contribution in [0.3, 0.4) is 0 Å². The molecule has 0 aliphatic carbocycles. The topological polar surface area (TPSA) is 36.7 Å². The molecule has 2 aromatic rings. The maximum Gasteiger partial charge on any atom is 0.433 e. The Bertz CT molecular complexity index is 728. The van der Waals surface area contributed by atoms with Crippen LogP contribution in [0.25, 0.3) is 11.1 Å². The minimum absolute atomic E-state index is 0.125. The lowest BCUT2D eigenvalue weighted by Crippen LogP contribution is -2.09. The molecule has 2 rings (SSSR count). The Hall–Kier alpha value is -1.48. The van der Waals surface area contributed by atoms with Gasteiger partial charge >= 0.3 is 6.18 Å². The highest BCUT2D eigenvalue weighted by atomic mass is 35.5. The second kappa shape index (κ2) is 5.72. The second-order valence-corrected chi connectivity index (χ2v) is 5.15. The van der Waals surface area contributed by atoms with E-state index in [9.17, 15) is 13.2 Å². The molecule has 0 aliphatic rings. The first-order valence-corrected chi connectivity index (χ1v) is 6.50. The fourth-order valence-corrected chi connectivity index (χ4v) is 2.24. The van der Waals surface area contributed by atoms with Crippen molar-refractivity contribution in [2.75, 3.05) is 0 Å². The van der Waals surface area contributed by atoms with Crippen LogP contribution >= 0.6 is 34.8 Å². The molecule has 0 amide bonds. The van der Waals surface area contributed by atoms with E-state index in [0.717, 1.165) is 12.1 Å². The van der Waals surface area contributed by atoms with E-state index in [-0.39, 0.29) is 26.3 Å². The summed E-state index contributed by atoms with van der Waals surface area (Å²) in [6, 6.07) is 6.36. The first-order valence-electron chi connectivity index (χ1n) is 5.37. The maximum absolute atomic E-state index is 12.6. The minimum Gasteiger partial charge on any atom is -0.232 e. The van der Waals surface area contributed by atoms with Crippen molar-refractivity contribution in [3.8, 4) is 17.2 Å². The molecule has 0 radical (unpaired) electrons. The quantitative estimate of drug-likeness (QED) is 0.627. The molecule has 8 heteroatoms. The largest absolute Gasteiger partial charge is 0.433 e. The van der Waals surface area contributed by atoms with Gasteiger partial charge in [0, 0.05) is 5.56 Å². The van der Waals surface area contributed by atoms with Crippen LogP contribution < -0.4 is 0 Å². The molecule has 0 N–H and O–H groups in total. The smallest absolute Gasteiger partial charge is 0.232 e. The lowest BCUT2D eigenvalue weighted by molar-refractivity contribution is -0.141. The first kappa shape index (κ1) is 15.9. The SMILES string of the molecule is N#Cc1nc(C(F)(F)F)ccc1-c1cc(Cl)c(Cl)c(Cl)c1. The summed E-state index contributed by atoms with van der Waals surface area (Å²) in [5.74, 6) is 0. The van der Waals surface area contributed by atoms with Gasteiger partial charge in [-0.05, 0) is 29.8 Å². The van der Waals surface area contributed by atoms with Crippen LogP contribution in [-0.2, 0) is 6.18 Å². The molecule has 1 heterocycles. The maximum atomic E-state index is 12.6. The molecule has 0 bridgehead atoms. The van der Waals surface area contributed by atoms with Crippen molar-refractivity contribution in [3.05, 3.63) is 50.7 Å². The van der Waals surface area contributed by atoms with Crippen LogP contribution in [-0.4, -0.2) is 4.98 Å². The average molecular weight is 352 g/mol. The molecular formula is C13H4Cl3F3N2. The van der Waals surface area contributed by atoms with Crippen molar-refractivity contribution in [1.29, 1.82) is 5.26 Å². The Morgan fingerprint density at radius 3 is 2.10 bits per heavy atom. The van der Waals surface area contributed by atoms with E-state index in [1.54, 1.807) is 6.07 Å². The predicted octanol–water partition coefficient (Wildman–Crippen LogP) is 5.60. The van der Waals surface area contributed by atoms with Gasteiger partial charge in [-0.1, -0.05) is 34.8 Å². The Balaban J connectivity index is 2.63. The number of hydrogen-bond acceptors (Lipinski definition) is 2. The van der Waals surface area contributed by atoms with Crippen molar-refractivity contribution in [1.82, 2.24) is 4.98 Å². The molecule has 21 heavy (non-hydrogen) atoms. The number of benzene rings is 1. The highest BCUT2D eigenvalue weighted by Crippen LogP contribution is 2.37. The standard InChI is InChI=1S/C13H4Cl3F3N2/c14-8-3-6(4-9(15)12(8)16)7-1-2-11(13(17,18)19)21-10(7)5-20/h1-4H. The summed E-state index contributed by atoms with van der Waals surface area (Å²) in [7, 11) is 0. The van der Waals surface area contributed by atoms with Crippen molar-refractivity contribution in [2.24, 2.45) is 0 Å². The van der Waals surface area contributed by atoms with Gasteiger partial charge in [0.2, 0.25) is 0 Å². The van der Waals surface area contributed by atoms with Gasteiger partial charge in [0.1, 0.15) is 17.5 Å². The van der Waals surface area contributed by atoms with Gasteiger partial charge in [-0.15, -0.1) is 0 Å². The first-order chi connectivity index (χ1) is 9.74. The van der Waals surface area contributed by atoms with Gasteiger partial charge in [-0.25, -0.2) is 4.98 Å². The predicted molar refractivity (Wildman–Crippen MR) is 74.4 cm³/mol. The fraction of sp³-hybridized carbons (Fsp3) is 0.0769. The summed E-state index contributed by atoms with van der Waals surface area (Å²) in [4.78, 5) is 3.32. The monoisotopic (exact) mass is 350 g/mol. The van der Waals surface area contributed by atoms with E-state index in [4.69, 9.17) is 40.1 Å². The Kier molecular flexibility index (Phi) is 4.33. The zero-order chi connectivity index (χ0) is 15.8. The molecule has 0 aliphatic heterocycles. The molecule has 2 nitrogen and oxygen atoms in total. The molecule has 0 saturated carbocycles. The summed E-state index contributed by atoms with van der Waals surface area (Å²) in [5, 5.41) is 9.37. The number of halogens is 6.